The van der Waals surface area contributed by atoms with Crippen molar-refractivity contribution < 1.29 is 53.8 Å². The smallest absolute Gasteiger partial charge is 0.202 e. The molecule has 1 aliphatic heterocycles. The van der Waals surface area contributed by atoms with Crippen molar-refractivity contribution in [1.29, 1.82) is 0 Å². The molecule has 1 saturated heterocycles. The number of ether oxygens (including phenoxy) is 3. The van der Waals surface area contributed by atoms with E-state index in [-0.39, 0.29) is 46.8 Å². The second-order valence-corrected chi connectivity index (χ2v) is 15.5. The summed E-state index contributed by atoms with van der Waals surface area (Å²) in [6, 6.07) is 4.48. The van der Waals surface area contributed by atoms with E-state index < -0.39 is 76.6 Å². The van der Waals surface area contributed by atoms with Crippen LogP contribution >= 0.6 is 20.3 Å². The predicted octanol–water partition coefficient (Wildman–Crippen LogP) is 4.45. The number of aromatic hydroxyl groups is 2. The van der Waals surface area contributed by atoms with Gasteiger partial charge in [-0.3, -0.25) is 19.2 Å². The number of thioether (sulfide) groups is 1. The van der Waals surface area contributed by atoms with Gasteiger partial charge < -0.3 is 34.6 Å². The van der Waals surface area contributed by atoms with Crippen LogP contribution in [0.15, 0.2) is 18.2 Å². The molecule has 0 amide bonds. The van der Waals surface area contributed by atoms with Gasteiger partial charge in [0.05, 0.1) is 42.1 Å². The topological polar surface area (TPSA) is 177 Å². The summed E-state index contributed by atoms with van der Waals surface area (Å²) in [5.41, 5.74) is -2.66. The maximum Gasteiger partial charge on any atom is 0.202 e. The summed E-state index contributed by atoms with van der Waals surface area (Å²) in [7, 11) is 1.71. The zero-order chi connectivity index (χ0) is 34.9. The van der Waals surface area contributed by atoms with Crippen LogP contribution < -0.4 is 4.74 Å². The van der Waals surface area contributed by atoms with E-state index in [1.807, 2.05) is 6.92 Å². The number of Topliss-reactive ketones (excluding diaryl/α,β-unsaturated/α-hetero) is 1. The molecule has 2 aromatic rings. The number of benzene rings is 2. The molecule has 13 heteroatoms. The average Bonchev–Trinajstić information content (AvgIpc) is 3.04. The number of fused-ring (bicyclic) bond motifs is 3. The molecule has 0 bridgehead atoms. The molecule has 260 valence electrons. The van der Waals surface area contributed by atoms with Crippen molar-refractivity contribution in [3.63, 3.8) is 0 Å². The summed E-state index contributed by atoms with van der Waals surface area (Å²) >= 11 is 1.71. The molecule has 0 aromatic heterocycles. The van der Waals surface area contributed by atoms with Gasteiger partial charge in [0.25, 0.3) is 0 Å². The first-order chi connectivity index (χ1) is 22.8. The summed E-state index contributed by atoms with van der Waals surface area (Å²) in [6.07, 6.45) is -1.07. The summed E-state index contributed by atoms with van der Waals surface area (Å²) in [5, 5.41) is 45.6. The van der Waals surface area contributed by atoms with Crippen molar-refractivity contribution in [2.45, 2.75) is 89.5 Å². The molecule has 1 heterocycles. The second kappa shape index (κ2) is 14.9. The predicted molar refractivity (Wildman–Crippen MR) is 181 cm³/mol. The van der Waals surface area contributed by atoms with Gasteiger partial charge in [-0.1, -0.05) is 27.6 Å². The average molecular weight is 703 g/mol. The van der Waals surface area contributed by atoms with Crippen molar-refractivity contribution >= 4 is 43.2 Å². The Balaban J connectivity index is 1.42. The van der Waals surface area contributed by atoms with Crippen LogP contribution in [-0.4, -0.2) is 92.2 Å². The van der Waals surface area contributed by atoms with Gasteiger partial charge in [0.1, 0.15) is 22.8 Å². The maximum absolute atomic E-state index is 13.9. The first-order valence-electron chi connectivity index (χ1n) is 16.3. The van der Waals surface area contributed by atoms with Gasteiger partial charge in [0.2, 0.25) is 5.78 Å². The fourth-order valence-electron chi connectivity index (χ4n) is 6.96. The van der Waals surface area contributed by atoms with Gasteiger partial charge in [-0.25, -0.2) is 0 Å². The SMILES string of the molecule is CCPC(=O)CCCSCC[C@H]1CC(O[C@H]2C[C@](O)(C(C)=O)Cc3c(O)c4c(c(O)c32)C(=O)c2c(OC)cccc2C4=O)O[C@@H](C)[C@H]1O. The number of ketones is 3. The van der Waals surface area contributed by atoms with Crippen LogP contribution in [0.25, 0.3) is 0 Å². The summed E-state index contributed by atoms with van der Waals surface area (Å²) < 4.78 is 17.7. The minimum atomic E-state index is -2.01. The molecule has 5 rings (SSSR count). The molecule has 0 spiro atoms. The number of phenolic OH excluding ortho intramolecular Hbond substituents is 2. The number of aliphatic hydroxyl groups excluding tert-OH is 1. The Morgan fingerprint density at radius 3 is 2.52 bits per heavy atom. The van der Waals surface area contributed by atoms with Crippen molar-refractivity contribution in [2.24, 2.45) is 5.92 Å². The Kier molecular flexibility index (Phi) is 11.3. The number of phenols is 2. The van der Waals surface area contributed by atoms with Crippen LogP contribution in [0.5, 0.6) is 17.2 Å². The molecule has 4 N–H and O–H groups in total. The van der Waals surface area contributed by atoms with E-state index in [9.17, 15) is 39.6 Å². The first-order valence-corrected chi connectivity index (χ1v) is 18.6. The third-order valence-corrected chi connectivity index (χ3v) is 11.7. The zero-order valence-corrected chi connectivity index (χ0v) is 29.4. The van der Waals surface area contributed by atoms with Crippen molar-refractivity contribution in [2.75, 3.05) is 24.8 Å². The fraction of sp³-hybridized carbons (Fsp3) is 0.543. The maximum atomic E-state index is 13.9. The molecule has 1 fully saturated rings. The largest absolute Gasteiger partial charge is 0.507 e. The highest BCUT2D eigenvalue weighted by molar-refractivity contribution is 7.99. The Labute approximate surface area is 285 Å². The molecule has 0 saturated carbocycles. The minimum absolute atomic E-state index is 0.00962. The highest BCUT2D eigenvalue weighted by atomic mass is 32.2. The van der Waals surface area contributed by atoms with Crippen LogP contribution in [-0.2, 0) is 25.5 Å². The third-order valence-electron chi connectivity index (χ3n) is 9.57. The van der Waals surface area contributed by atoms with Gasteiger partial charge in [-0.05, 0) is 56.3 Å². The molecule has 7 atom stereocenters. The van der Waals surface area contributed by atoms with Gasteiger partial charge >= 0.3 is 0 Å². The molecule has 2 aliphatic carbocycles. The number of rotatable bonds is 13. The Morgan fingerprint density at radius 2 is 1.83 bits per heavy atom. The van der Waals surface area contributed by atoms with Crippen LogP contribution in [0, 0.1) is 5.92 Å². The van der Waals surface area contributed by atoms with Crippen molar-refractivity contribution in [3.8, 4) is 17.2 Å². The van der Waals surface area contributed by atoms with Crippen LogP contribution in [0.3, 0.4) is 0 Å². The Morgan fingerprint density at radius 1 is 1.10 bits per heavy atom. The van der Waals surface area contributed by atoms with Crippen LogP contribution in [0.1, 0.15) is 102 Å². The Hall–Kier alpha value is -2.86. The van der Waals surface area contributed by atoms with E-state index in [0.29, 0.717) is 26.9 Å². The normalized spacial score (nSPS) is 26.7. The molecule has 0 radical (unpaired) electrons. The monoisotopic (exact) mass is 702 g/mol. The minimum Gasteiger partial charge on any atom is -0.507 e. The van der Waals surface area contributed by atoms with Gasteiger partial charge in [0, 0.05) is 42.4 Å². The van der Waals surface area contributed by atoms with Crippen LogP contribution in [0.2, 0.25) is 0 Å². The van der Waals surface area contributed by atoms with Crippen molar-refractivity contribution in [3.05, 3.63) is 51.6 Å². The van der Waals surface area contributed by atoms with E-state index in [0.717, 1.165) is 24.1 Å². The van der Waals surface area contributed by atoms with E-state index >= 15 is 0 Å². The third kappa shape index (κ3) is 6.93. The Bertz CT molecular complexity index is 1610. The molecule has 2 aromatic carbocycles. The standard InChI is InChI=1S/C35H43O11PS/c1-5-47-24(37)10-7-12-48-13-11-19-14-25(45-17(2)30(19)38)46-23-16-35(43,18(3)36)15-21-27(23)34(42)29-28(32(21)40)31(39)20-8-6-9-22(44-4)26(20)33(29)41/h6,8-9,17,19,23,25,30,38,40,42-43,47H,5,7,10-16H2,1-4H3/t17-,19-,23-,25?,30+,35-/m0/s1. The number of carbonyl (C=O) groups is 4. The molecule has 3 aliphatic rings. The number of carbonyl (C=O) groups excluding carboxylic acids is 4. The number of methoxy groups -OCH3 is 1. The molecular formula is C35H43O11PS. The quantitative estimate of drug-likeness (QED) is 0.112. The molecule has 2 unspecified atom stereocenters. The van der Waals surface area contributed by atoms with Crippen LogP contribution in [0.4, 0.5) is 0 Å². The van der Waals surface area contributed by atoms with Gasteiger partial charge in [0.15, 0.2) is 23.4 Å². The molecule has 48 heavy (non-hydrogen) atoms. The summed E-state index contributed by atoms with van der Waals surface area (Å²) in [5.74, 6) is -1.73. The van der Waals surface area contributed by atoms with Gasteiger partial charge in [-0.2, -0.15) is 11.8 Å². The lowest BCUT2D eigenvalue weighted by Crippen LogP contribution is -2.48. The summed E-state index contributed by atoms with van der Waals surface area (Å²) in [6.45, 7) is 4.92. The van der Waals surface area contributed by atoms with E-state index in [1.165, 1.54) is 32.2 Å². The summed E-state index contributed by atoms with van der Waals surface area (Å²) in [4.78, 5) is 52.1. The van der Waals surface area contributed by atoms with E-state index in [4.69, 9.17) is 14.2 Å². The lowest BCUT2D eigenvalue weighted by Gasteiger charge is -2.42. The zero-order valence-electron chi connectivity index (χ0n) is 27.5. The number of hydrogen-bond donors (Lipinski definition) is 4. The number of hydrogen-bond acceptors (Lipinski definition) is 12. The van der Waals surface area contributed by atoms with E-state index in [2.05, 4.69) is 0 Å². The first kappa shape index (κ1) is 36.4. The lowest BCUT2D eigenvalue weighted by atomic mass is 9.72. The fourth-order valence-corrected chi connectivity index (χ4v) is 8.73. The van der Waals surface area contributed by atoms with Gasteiger partial charge in [-0.15, -0.1) is 0 Å². The van der Waals surface area contributed by atoms with E-state index in [1.54, 1.807) is 18.7 Å². The number of aliphatic hydroxyl groups is 2. The second-order valence-electron chi connectivity index (χ2n) is 12.7. The molecule has 11 nitrogen and oxygen atoms in total. The lowest BCUT2D eigenvalue weighted by molar-refractivity contribution is -0.257. The highest BCUT2D eigenvalue weighted by Crippen LogP contribution is 2.52. The molecular weight excluding hydrogens is 659 g/mol. The van der Waals surface area contributed by atoms with Crippen molar-refractivity contribution in [1.82, 2.24) is 0 Å². The highest BCUT2D eigenvalue weighted by Gasteiger charge is 2.49.